The van der Waals surface area contributed by atoms with Crippen molar-refractivity contribution < 1.29 is 19.0 Å². The van der Waals surface area contributed by atoms with E-state index < -0.39 is 16.9 Å². The van der Waals surface area contributed by atoms with Crippen LogP contribution in [0.4, 0.5) is 5.69 Å². The fourth-order valence-corrected chi connectivity index (χ4v) is 3.45. The number of aromatic nitrogens is 1. The predicted octanol–water partition coefficient (Wildman–Crippen LogP) is 1.66. The summed E-state index contributed by atoms with van der Waals surface area (Å²) in [6.07, 6.45) is 0. The fraction of sp³-hybridized carbons (Fsp3) is 0.450. The fourth-order valence-electron chi connectivity index (χ4n) is 3.45. The second-order valence-electron chi connectivity index (χ2n) is 7.41. The second kappa shape index (κ2) is 9.04. The number of amides is 2. The minimum Gasteiger partial charge on any atom is -0.361 e. The van der Waals surface area contributed by atoms with E-state index >= 15 is 0 Å². The third-order valence-electron chi connectivity index (χ3n) is 5.28. The van der Waals surface area contributed by atoms with Crippen molar-refractivity contribution in [3.05, 3.63) is 57.0 Å². The van der Waals surface area contributed by atoms with E-state index in [2.05, 4.69) is 15.4 Å². The van der Waals surface area contributed by atoms with E-state index in [9.17, 15) is 19.7 Å². The van der Waals surface area contributed by atoms with E-state index in [1.54, 1.807) is 11.8 Å². The lowest BCUT2D eigenvalue weighted by Gasteiger charge is -2.36. The smallest absolute Gasteiger partial charge is 0.270 e. The van der Waals surface area contributed by atoms with Gasteiger partial charge in [-0.2, -0.15) is 0 Å². The molecule has 0 aliphatic carbocycles. The standard InChI is InChI=1S/C20H25N5O5/c1-13-18(15(3)30-22-13)12-23-7-9-24(10-8-23)20(27)14(2)21-19(26)16-5-4-6-17(11-16)25(28)29/h4-6,11,14H,7-10,12H2,1-3H3,(H,21,26). The van der Waals surface area contributed by atoms with Crippen molar-refractivity contribution in [2.75, 3.05) is 26.2 Å². The topological polar surface area (TPSA) is 122 Å². The Morgan fingerprint density at radius 2 is 1.97 bits per heavy atom. The molecule has 10 heteroatoms. The van der Waals surface area contributed by atoms with E-state index in [0.717, 1.165) is 23.6 Å². The van der Waals surface area contributed by atoms with Crippen LogP contribution in [0.3, 0.4) is 0 Å². The van der Waals surface area contributed by atoms with Crippen LogP contribution in [0.15, 0.2) is 28.8 Å². The van der Waals surface area contributed by atoms with E-state index in [4.69, 9.17) is 4.52 Å². The molecule has 0 spiro atoms. The average molecular weight is 415 g/mol. The number of carbonyl (C=O) groups is 2. The van der Waals surface area contributed by atoms with Crippen LogP contribution in [0.2, 0.25) is 0 Å². The van der Waals surface area contributed by atoms with Gasteiger partial charge in [0.1, 0.15) is 11.8 Å². The summed E-state index contributed by atoms with van der Waals surface area (Å²) in [6, 6.07) is 4.70. The maximum absolute atomic E-state index is 12.7. The summed E-state index contributed by atoms with van der Waals surface area (Å²) in [5.41, 5.74) is 1.93. The lowest BCUT2D eigenvalue weighted by molar-refractivity contribution is -0.384. The Kier molecular flexibility index (Phi) is 6.46. The monoisotopic (exact) mass is 415 g/mol. The first-order chi connectivity index (χ1) is 14.3. The molecule has 1 aliphatic heterocycles. The van der Waals surface area contributed by atoms with Gasteiger partial charge in [0.25, 0.3) is 11.6 Å². The van der Waals surface area contributed by atoms with Gasteiger partial charge in [0.05, 0.1) is 10.6 Å². The number of carbonyl (C=O) groups excluding carboxylic acids is 2. The molecule has 1 N–H and O–H groups in total. The van der Waals surface area contributed by atoms with Crippen LogP contribution >= 0.6 is 0 Å². The van der Waals surface area contributed by atoms with E-state index in [1.807, 2.05) is 13.8 Å². The van der Waals surface area contributed by atoms with Crippen LogP contribution in [0.25, 0.3) is 0 Å². The molecule has 30 heavy (non-hydrogen) atoms. The number of aryl methyl sites for hydroxylation is 2. The number of benzene rings is 1. The lowest BCUT2D eigenvalue weighted by Crippen LogP contribution is -2.54. The Labute approximate surface area is 174 Å². The number of rotatable bonds is 6. The zero-order chi connectivity index (χ0) is 21.8. The van der Waals surface area contributed by atoms with Crippen molar-refractivity contribution in [3.8, 4) is 0 Å². The third-order valence-corrected chi connectivity index (χ3v) is 5.28. The first kappa shape index (κ1) is 21.4. The van der Waals surface area contributed by atoms with Crippen molar-refractivity contribution in [2.24, 2.45) is 0 Å². The van der Waals surface area contributed by atoms with E-state index in [0.29, 0.717) is 26.2 Å². The highest BCUT2D eigenvalue weighted by atomic mass is 16.6. The van der Waals surface area contributed by atoms with Gasteiger partial charge in [0.2, 0.25) is 5.91 Å². The molecule has 2 amide bonds. The van der Waals surface area contributed by atoms with Gasteiger partial charge in [0, 0.05) is 56.0 Å². The molecule has 1 aromatic heterocycles. The number of non-ortho nitro benzene ring substituents is 1. The van der Waals surface area contributed by atoms with Crippen LogP contribution in [0.5, 0.6) is 0 Å². The molecule has 0 saturated carbocycles. The van der Waals surface area contributed by atoms with E-state index in [-0.39, 0.29) is 17.2 Å². The van der Waals surface area contributed by atoms with Crippen molar-refractivity contribution in [1.82, 2.24) is 20.3 Å². The number of nitro groups is 1. The van der Waals surface area contributed by atoms with Crippen molar-refractivity contribution in [1.29, 1.82) is 0 Å². The van der Waals surface area contributed by atoms with Crippen LogP contribution in [0, 0.1) is 24.0 Å². The molecule has 10 nitrogen and oxygen atoms in total. The molecule has 3 rings (SSSR count). The number of hydrogen-bond acceptors (Lipinski definition) is 7. The first-order valence-corrected chi connectivity index (χ1v) is 9.74. The molecule has 1 aliphatic rings. The number of piperazine rings is 1. The van der Waals surface area contributed by atoms with Crippen LogP contribution in [-0.2, 0) is 11.3 Å². The van der Waals surface area contributed by atoms with Crippen LogP contribution in [-0.4, -0.2) is 63.9 Å². The largest absolute Gasteiger partial charge is 0.361 e. The van der Waals surface area contributed by atoms with Crippen LogP contribution < -0.4 is 5.32 Å². The summed E-state index contributed by atoms with van der Waals surface area (Å²) in [5.74, 6) is 0.117. The molecular formula is C20H25N5O5. The second-order valence-corrected chi connectivity index (χ2v) is 7.41. The summed E-state index contributed by atoms with van der Waals surface area (Å²) < 4.78 is 5.20. The van der Waals surface area contributed by atoms with Gasteiger partial charge in [-0.3, -0.25) is 24.6 Å². The molecule has 2 aromatic rings. The Morgan fingerprint density at radius 1 is 1.27 bits per heavy atom. The summed E-state index contributed by atoms with van der Waals surface area (Å²) >= 11 is 0. The minimum absolute atomic E-state index is 0.146. The highest BCUT2D eigenvalue weighted by Gasteiger charge is 2.27. The van der Waals surface area contributed by atoms with Gasteiger partial charge in [-0.05, 0) is 26.8 Å². The highest BCUT2D eigenvalue weighted by molar-refractivity contribution is 5.97. The van der Waals surface area contributed by atoms with Crippen molar-refractivity contribution >= 4 is 17.5 Å². The van der Waals surface area contributed by atoms with Gasteiger partial charge in [-0.1, -0.05) is 11.2 Å². The Balaban J connectivity index is 1.52. The van der Waals surface area contributed by atoms with Gasteiger partial charge < -0.3 is 14.7 Å². The molecule has 1 saturated heterocycles. The first-order valence-electron chi connectivity index (χ1n) is 9.74. The molecule has 1 atom stereocenters. The maximum atomic E-state index is 12.7. The molecule has 160 valence electrons. The average Bonchev–Trinajstić information content (AvgIpc) is 3.05. The molecule has 1 fully saturated rings. The maximum Gasteiger partial charge on any atom is 0.270 e. The van der Waals surface area contributed by atoms with E-state index in [1.165, 1.54) is 24.3 Å². The number of nitrogens with one attached hydrogen (secondary N) is 1. The quantitative estimate of drug-likeness (QED) is 0.562. The number of nitro benzene ring substituents is 1. The summed E-state index contributed by atoms with van der Waals surface area (Å²) in [6.45, 7) is 8.68. The Bertz CT molecular complexity index is 929. The SMILES string of the molecule is Cc1noc(C)c1CN1CCN(C(=O)C(C)NC(=O)c2cccc([N+](=O)[O-])c2)CC1. The normalized spacial score (nSPS) is 15.6. The molecule has 0 radical (unpaired) electrons. The zero-order valence-electron chi connectivity index (χ0n) is 17.3. The molecule has 0 bridgehead atoms. The lowest BCUT2D eigenvalue weighted by atomic mass is 10.1. The summed E-state index contributed by atoms with van der Waals surface area (Å²) in [7, 11) is 0. The highest BCUT2D eigenvalue weighted by Crippen LogP contribution is 2.17. The minimum atomic E-state index is -0.731. The molecular weight excluding hydrogens is 390 g/mol. The Hall–Kier alpha value is -3.27. The summed E-state index contributed by atoms with van der Waals surface area (Å²) in [4.78, 5) is 39.4. The molecule has 2 heterocycles. The third kappa shape index (κ3) is 4.82. The summed E-state index contributed by atoms with van der Waals surface area (Å²) in [5, 5.41) is 17.5. The van der Waals surface area contributed by atoms with Crippen molar-refractivity contribution in [2.45, 2.75) is 33.4 Å². The Morgan fingerprint density at radius 3 is 2.57 bits per heavy atom. The van der Waals surface area contributed by atoms with Gasteiger partial charge in [-0.15, -0.1) is 0 Å². The van der Waals surface area contributed by atoms with Crippen LogP contribution in [0.1, 0.15) is 34.3 Å². The number of hydrogen-bond donors (Lipinski definition) is 1. The number of nitrogens with zero attached hydrogens (tertiary/aromatic N) is 4. The van der Waals surface area contributed by atoms with Gasteiger partial charge in [0.15, 0.2) is 0 Å². The molecule has 1 aromatic carbocycles. The zero-order valence-corrected chi connectivity index (χ0v) is 17.3. The van der Waals surface area contributed by atoms with Gasteiger partial charge >= 0.3 is 0 Å². The van der Waals surface area contributed by atoms with Gasteiger partial charge in [-0.25, -0.2) is 0 Å². The van der Waals surface area contributed by atoms with Crippen molar-refractivity contribution in [3.63, 3.8) is 0 Å². The predicted molar refractivity (Wildman–Crippen MR) is 108 cm³/mol. The molecule has 1 unspecified atom stereocenters.